The van der Waals surface area contributed by atoms with Gasteiger partial charge in [-0.25, -0.2) is 0 Å². The summed E-state index contributed by atoms with van der Waals surface area (Å²) in [5.74, 6) is -0.539. The average Bonchev–Trinajstić information content (AvgIpc) is 2.23. The Labute approximate surface area is 102 Å². The minimum absolute atomic E-state index is 0.363. The molecule has 0 amide bonds. The van der Waals surface area contributed by atoms with Crippen molar-refractivity contribution in [2.45, 2.75) is 11.3 Å². The lowest BCUT2D eigenvalue weighted by atomic mass is 10.0. The van der Waals surface area contributed by atoms with Crippen molar-refractivity contribution in [3.8, 4) is 0 Å². The lowest BCUT2D eigenvalue weighted by molar-refractivity contribution is -0.140. The van der Waals surface area contributed by atoms with Crippen molar-refractivity contribution in [2.75, 3.05) is 5.75 Å². The second-order valence-electron chi connectivity index (χ2n) is 3.39. The summed E-state index contributed by atoms with van der Waals surface area (Å²) in [5.41, 5.74) is 0.868. The van der Waals surface area contributed by atoms with E-state index in [4.69, 9.17) is 28.3 Å². The van der Waals surface area contributed by atoms with E-state index < -0.39 is 5.97 Å². The van der Waals surface area contributed by atoms with Gasteiger partial charge in [0.1, 0.15) is 0 Å². The minimum atomic E-state index is -0.774. The molecule has 2 rings (SSSR count). The number of carboxylic acid groups (broad SMARTS) is 1. The zero-order chi connectivity index (χ0) is 11.0. The van der Waals surface area contributed by atoms with Gasteiger partial charge in [-0.3, -0.25) is 4.79 Å². The highest BCUT2D eigenvalue weighted by atomic mass is 35.5. The molecule has 1 aliphatic rings. The van der Waals surface area contributed by atoms with Crippen LogP contribution in [-0.4, -0.2) is 16.8 Å². The molecule has 15 heavy (non-hydrogen) atoms. The highest BCUT2D eigenvalue weighted by Gasteiger charge is 2.26. The van der Waals surface area contributed by atoms with Crippen molar-refractivity contribution in [1.82, 2.24) is 0 Å². The van der Waals surface area contributed by atoms with Crippen LogP contribution in [-0.2, 0) is 11.2 Å². The molecule has 0 fully saturated rings. The van der Waals surface area contributed by atoms with E-state index in [1.165, 1.54) is 11.8 Å². The van der Waals surface area contributed by atoms with E-state index in [2.05, 4.69) is 0 Å². The smallest absolute Gasteiger partial charge is 0.307 e. The van der Waals surface area contributed by atoms with E-state index in [0.717, 1.165) is 10.5 Å². The highest BCUT2D eigenvalue weighted by molar-refractivity contribution is 7.99. The minimum Gasteiger partial charge on any atom is -0.481 e. The number of halogens is 2. The Morgan fingerprint density at radius 1 is 1.47 bits per heavy atom. The molecule has 1 atom stereocenters. The van der Waals surface area contributed by atoms with Crippen LogP contribution in [0.2, 0.25) is 10.0 Å². The molecule has 0 saturated heterocycles. The zero-order valence-electron chi connectivity index (χ0n) is 7.67. The van der Waals surface area contributed by atoms with Crippen LogP contribution < -0.4 is 0 Å². The van der Waals surface area contributed by atoms with E-state index in [0.29, 0.717) is 22.2 Å². The number of hydrogen-bond acceptors (Lipinski definition) is 2. The first-order valence-electron chi connectivity index (χ1n) is 4.42. The maximum Gasteiger partial charge on any atom is 0.307 e. The fourth-order valence-electron chi connectivity index (χ4n) is 1.55. The van der Waals surface area contributed by atoms with Gasteiger partial charge in [-0.05, 0) is 24.1 Å². The molecule has 0 radical (unpaired) electrons. The van der Waals surface area contributed by atoms with Crippen LogP contribution in [0.25, 0.3) is 0 Å². The van der Waals surface area contributed by atoms with Gasteiger partial charge in [-0.1, -0.05) is 23.2 Å². The summed E-state index contributed by atoms with van der Waals surface area (Å²) in [5, 5.41) is 9.92. The Morgan fingerprint density at radius 2 is 2.20 bits per heavy atom. The molecule has 1 aromatic rings. The van der Waals surface area contributed by atoms with Gasteiger partial charge in [0.15, 0.2) is 0 Å². The standard InChI is InChI=1S/C10H8Cl2O2S/c11-7-1-2-8-6(9(7)12)3-5(4-15-8)10(13)14/h1-2,5H,3-4H2,(H,13,14). The van der Waals surface area contributed by atoms with Crippen LogP contribution >= 0.6 is 35.0 Å². The largest absolute Gasteiger partial charge is 0.481 e. The lowest BCUT2D eigenvalue weighted by Gasteiger charge is -2.22. The molecular weight excluding hydrogens is 255 g/mol. The van der Waals surface area contributed by atoms with E-state index in [9.17, 15) is 4.79 Å². The maximum atomic E-state index is 10.9. The first-order chi connectivity index (χ1) is 7.09. The van der Waals surface area contributed by atoms with Gasteiger partial charge in [0, 0.05) is 10.6 Å². The Hall–Kier alpha value is -0.380. The van der Waals surface area contributed by atoms with E-state index in [-0.39, 0.29) is 5.92 Å². The molecule has 80 valence electrons. The number of thioether (sulfide) groups is 1. The van der Waals surface area contributed by atoms with Crippen molar-refractivity contribution in [3.63, 3.8) is 0 Å². The number of rotatable bonds is 1. The van der Waals surface area contributed by atoms with Gasteiger partial charge in [0.05, 0.1) is 16.0 Å². The number of carboxylic acids is 1. The summed E-state index contributed by atoms with van der Waals surface area (Å²) >= 11 is 13.5. The SMILES string of the molecule is O=C(O)C1CSc2ccc(Cl)c(Cl)c2C1. The topological polar surface area (TPSA) is 37.3 Å². The van der Waals surface area contributed by atoms with E-state index in [1.807, 2.05) is 6.07 Å². The number of carbonyl (C=O) groups is 1. The highest BCUT2D eigenvalue weighted by Crippen LogP contribution is 2.39. The molecule has 1 heterocycles. The Morgan fingerprint density at radius 3 is 2.87 bits per heavy atom. The molecule has 0 spiro atoms. The Balaban J connectivity index is 2.39. The number of hydrogen-bond donors (Lipinski definition) is 1. The number of benzene rings is 1. The second kappa shape index (κ2) is 4.24. The molecule has 1 N–H and O–H groups in total. The fourth-order valence-corrected chi connectivity index (χ4v) is 3.19. The summed E-state index contributed by atoms with van der Waals surface area (Å²) in [4.78, 5) is 11.9. The molecular formula is C10H8Cl2O2S. The summed E-state index contributed by atoms with van der Waals surface area (Å²) in [7, 11) is 0. The van der Waals surface area contributed by atoms with Gasteiger partial charge in [0.2, 0.25) is 0 Å². The monoisotopic (exact) mass is 262 g/mol. The second-order valence-corrected chi connectivity index (χ2v) is 5.24. The first kappa shape index (κ1) is 11.1. The summed E-state index contributed by atoms with van der Waals surface area (Å²) in [6.45, 7) is 0. The molecule has 0 saturated carbocycles. The van der Waals surface area contributed by atoms with Gasteiger partial charge in [-0.15, -0.1) is 11.8 Å². The van der Waals surface area contributed by atoms with Gasteiger partial charge in [0.25, 0.3) is 0 Å². The molecule has 0 aliphatic carbocycles. The third-order valence-electron chi connectivity index (χ3n) is 2.39. The quantitative estimate of drug-likeness (QED) is 0.844. The molecule has 2 nitrogen and oxygen atoms in total. The third-order valence-corrected chi connectivity index (χ3v) is 4.50. The summed E-state index contributed by atoms with van der Waals surface area (Å²) in [6, 6.07) is 3.64. The van der Waals surface area contributed by atoms with Crippen molar-refractivity contribution in [2.24, 2.45) is 5.92 Å². The van der Waals surface area contributed by atoms with Crippen molar-refractivity contribution in [3.05, 3.63) is 27.7 Å². The fraction of sp³-hybridized carbons (Fsp3) is 0.300. The number of fused-ring (bicyclic) bond motifs is 1. The average molecular weight is 263 g/mol. The van der Waals surface area contributed by atoms with Crippen molar-refractivity contribution in [1.29, 1.82) is 0 Å². The van der Waals surface area contributed by atoms with Gasteiger partial charge >= 0.3 is 5.97 Å². The normalized spacial score (nSPS) is 19.7. The molecule has 1 unspecified atom stereocenters. The first-order valence-corrected chi connectivity index (χ1v) is 6.16. The maximum absolute atomic E-state index is 10.9. The van der Waals surface area contributed by atoms with Crippen LogP contribution in [0.1, 0.15) is 5.56 Å². The van der Waals surface area contributed by atoms with Gasteiger partial charge in [-0.2, -0.15) is 0 Å². The molecule has 1 aliphatic heterocycles. The number of aliphatic carboxylic acids is 1. The van der Waals surface area contributed by atoms with Crippen LogP contribution in [0.4, 0.5) is 0 Å². The van der Waals surface area contributed by atoms with Gasteiger partial charge < -0.3 is 5.11 Å². The predicted octanol–water partition coefficient (Wildman–Crippen LogP) is 3.34. The van der Waals surface area contributed by atoms with Crippen molar-refractivity contribution < 1.29 is 9.90 Å². The molecule has 0 aromatic heterocycles. The van der Waals surface area contributed by atoms with E-state index in [1.54, 1.807) is 6.07 Å². The van der Waals surface area contributed by atoms with E-state index >= 15 is 0 Å². The molecule has 0 bridgehead atoms. The Bertz CT molecular complexity index is 420. The van der Waals surface area contributed by atoms with Crippen molar-refractivity contribution >= 4 is 40.9 Å². The van der Waals surface area contributed by atoms with Crippen LogP contribution in [0.15, 0.2) is 17.0 Å². The summed E-state index contributed by atoms with van der Waals surface area (Å²) in [6.07, 6.45) is 0.469. The summed E-state index contributed by atoms with van der Waals surface area (Å²) < 4.78 is 0. The van der Waals surface area contributed by atoms with Crippen LogP contribution in [0, 0.1) is 5.92 Å². The lowest BCUT2D eigenvalue weighted by Crippen LogP contribution is -2.22. The van der Waals surface area contributed by atoms with Crippen LogP contribution in [0.3, 0.4) is 0 Å². The molecule has 1 aromatic carbocycles. The predicted molar refractivity (Wildman–Crippen MR) is 62.0 cm³/mol. The molecule has 5 heteroatoms. The van der Waals surface area contributed by atoms with Crippen LogP contribution in [0.5, 0.6) is 0 Å². The third kappa shape index (κ3) is 2.10. The zero-order valence-corrected chi connectivity index (χ0v) is 9.99. The Kier molecular flexibility index (Phi) is 3.14.